The van der Waals surface area contributed by atoms with Gasteiger partial charge in [-0.1, -0.05) is 79.7 Å². The van der Waals surface area contributed by atoms with Crippen LogP contribution in [0.2, 0.25) is 0 Å². The largest absolute Gasteiger partial charge is 0.483 e. The van der Waals surface area contributed by atoms with E-state index in [9.17, 15) is 9.59 Å². The standard InChI is InChI=1S/C25H26N2O3/c1-19(21-12-6-3-7-13-21)16-26-24(28)18-30-23-15-9-8-14-22(23)25(29)27-17-20-10-4-2-5-11-20/h2-15,19H,16-18H2,1H3,(H,26,28)(H,27,29)/t19-/m0/s1. The lowest BCUT2D eigenvalue weighted by molar-refractivity contribution is -0.123. The van der Waals surface area contributed by atoms with Crippen LogP contribution in [-0.4, -0.2) is 25.0 Å². The van der Waals surface area contributed by atoms with Gasteiger partial charge < -0.3 is 15.4 Å². The van der Waals surface area contributed by atoms with Gasteiger partial charge in [-0.3, -0.25) is 9.59 Å². The van der Waals surface area contributed by atoms with Crippen molar-refractivity contribution >= 4 is 11.8 Å². The lowest BCUT2D eigenvalue weighted by Crippen LogP contribution is -2.32. The third kappa shape index (κ3) is 6.21. The van der Waals surface area contributed by atoms with Gasteiger partial charge in [-0.15, -0.1) is 0 Å². The van der Waals surface area contributed by atoms with Gasteiger partial charge in [0.05, 0.1) is 5.56 Å². The zero-order valence-electron chi connectivity index (χ0n) is 17.0. The number of hydrogen-bond donors (Lipinski definition) is 2. The van der Waals surface area contributed by atoms with Crippen LogP contribution in [0.4, 0.5) is 0 Å². The Labute approximate surface area is 177 Å². The Kier molecular flexibility index (Phi) is 7.61. The minimum Gasteiger partial charge on any atom is -0.483 e. The van der Waals surface area contributed by atoms with E-state index < -0.39 is 0 Å². The second-order valence-electron chi connectivity index (χ2n) is 7.07. The predicted molar refractivity (Wildman–Crippen MR) is 117 cm³/mol. The molecule has 5 heteroatoms. The fourth-order valence-corrected chi connectivity index (χ4v) is 3.01. The third-order valence-electron chi connectivity index (χ3n) is 4.76. The summed E-state index contributed by atoms with van der Waals surface area (Å²) in [6.45, 7) is 2.85. The predicted octanol–water partition coefficient (Wildman–Crippen LogP) is 3.92. The average Bonchev–Trinajstić information content (AvgIpc) is 2.81. The Morgan fingerprint density at radius 1 is 0.833 bits per heavy atom. The van der Waals surface area contributed by atoms with Crippen LogP contribution < -0.4 is 15.4 Å². The van der Waals surface area contributed by atoms with Crippen LogP contribution in [-0.2, 0) is 11.3 Å². The van der Waals surface area contributed by atoms with Gasteiger partial charge in [-0.2, -0.15) is 0 Å². The number of ether oxygens (including phenoxy) is 1. The maximum Gasteiger partial charge on any atom is 0.257 e. The second-order valence-corrected chi connectivity index (χ2v) is 7.07. The molecule has 2 amide bonds. The first-order valence-electron chi connectivity index (χ1n) is 9.99. The lowest BCUT2D eigenvalue weighted by atomic mass is 10.0. The summed E-state index contributed by atoms with van der Waals surface area (Å²) in [6.07, 6.45) is 0. The van der Waals surface area contributed by atoms with E-state index in [0.29, 0.717) is 24.4 Å². The van der Waals surface area contributed by atoms with Crippen LogP contribution in [0.5, 0.6) is 5.75 Å². The molecule has 0 aliphatic carbocycles. The Morgan fingerprint density at radius 2 is 1.47 bits per heavy atom. The fraction of sp³-hybridized carbons (Fsp3) is 0.200. The van der Waals surface area contributed by atoms with Crippen LogP contribution in [0.1, 0.15) is 34.3 Å². The van der Waals surface area contributed by atoms with E-state index in [1.807, 2.05) is 60.7 Å². The van der Waals surface area contributed by atoms with Gasteiger partial charge in [0.15, 0.2) is 6.61 Å². The molecule has 0 bridgehead atoms. The average molecular weight is 402 g/mol. The monoisotopic (exact) mass is 402 g/mol. The Balaban J connectivity index is 1.50. The van der Waals surface area contributed by atoms with Crippen molar-refractivity contribution in [3.63, 3.8) is 0 Å². The summed E-state index contributed by atoms with van der Waals surface area (Å²) < 4.78 is 5.64. The molecule has 0 saturated heterocycles. The molecule has 0 spiro atoms. The number of amides is 2. The van der Waals surface area contributed by atoms with Gasteiger partial charge in [-0.25, -0.2) is 0 Å². The normalized spacial score (nSPS) is 11.4. The summed E-state index contributed by atoms with van der Waals surface area (Å²) in [4.78, 5) is 24.8. The van der Waals surface area contributed by atoms with E-state index in [-0.39, 0.29) is 24.3 Å². The molecule has 30 heavy (non-hydrogen) atoms. The molecule has 3 aromatic carbocycles. The minimum absolute atomic E-state index is 0.148. The molecule has 3 rings (SSSR count). The SMILES string of the molecule is C[C@@H](CNC(=O)COc1ccccc1C(=O)NCc1ccccc1)c1ccccc1. The van der Waals surface area contributed by atoms with E-state index in [0.717, 1.165) is 5.56 Å². The maximum atomic E-state index is 12.6. The molecule has 5 nitrogen and oxygen atoms in total. The molecular weight excluding hydrogens is 376 g/mol. The summed E-state index contributed by atoms with van der Waals surface area (Å²) >= 11 is 0. The summed E-state index contributed by atoms with van der Waals surface area (Å²) in [5.41, 5.74) is 2.58. The van der Waals surface area contributed by atoms with E-state index in [4.69, 9.17) is 4.74 Å². The highest BCUT2D eigenvalue weighted by Crippen LogP contribution is 2.18. The quantitative estimate of drug-likeness (QED) is 0.570. The highest BCUT2D eigenvalue weighted by atomic mass is 16.5. The van der Waals surface area contributed by atoms with E-state index in [1.54, 1.807) is 24.3 Å². The van der Waals surface area contributed by atoms with Crippen LogP contribution >= 0.6 is 0 Å². The molecule has 0 unspecified atom stereocenters. The molecule has 0 heterocycles. The fourth-order valence-electron chi connectivity index (χ4n) is 3.01. The zero-order chi connectivity index (χ0) is 21.2. The first kappa shape index (κ1) is 21.1. The van der Waals surface area contributed by atoms with Gasteiger partial charge in [0.1, 0.15) is 5.75 Å². The topological polar surface area (TPSA) is 67.4 Å². The van der Waals surface area contributed by atoms with Gasteiger partial charge >= 0.3 is 0 Å². The van der Waals surface area contributed by atoms with E-state index in [1.165, 1.54) is 5.56 Å². The summed E-state index contributed by atoms with van der Waals surface area (Å²) in [6, 6.07) is 26.6. The number of benzene rings is 3. The molecule has 3 aromatic rings. The van der Waals surface area contributed by atoms with Gasteiger partial charge in [0, 0.05) is 13.1 Å². The van der Waals surface area contributed by atoms with Crippen LogP contribution in [0.3, 0.4) is 0 Å². The number of rotatable bonds is 9. The van der Waals surface area contributed by atoms with Crippen molar-refractivity contribution in [1.82, 2.24) is 10.6 Å². The number of carbonyl (C=O) groups excluding carboxylic acids is 2. The molecule has 0 aliphatic rings. The van der Waals surface area contributed by atoms with Crippen molar-refractivity contribution in [2.45, 2.75) is 19.4 Å². The summed E-state index contributed by atoms with van der Waals surface area (Å²) in [7, 11) is 0. The number of carbonyl (C=O) groups is 2. The van der Waals surface area contributed by atoms with Crippen LogP contribution in [0, 0.1) is 0 Å². The minimum atomic E-state index is -0.243. The number of para-hydroxylation sites is 1. The smallest absolute Gasteiger partial charge is 0.257 e. The summed E-state index contributed by atoms with van der Waals surface area (Å²) in [5.74, 6) is 0.116. The number of nitrogens with one attached hydrogen (secondary N) is 2. The Hall–Kier alpha value is -3.60. The first-order chi connectivity index (χ1) is 14.6. The molecule has 0 aliphatic heterocycles. The first-order valence-corrected chi connectivity index (χ1v) is 9.99. The molecule has 1 atom stereocenters. The number of hydrogen-bond acceptors (Lipinski definition) is 3. The molecule has 2 N–H and O–H groups in total. The second kappa shape index (κ2) is 10.8. The van der Waals surface area contributed by atoms with Crippen molar-refractivity contribution in [2.24, 2.45) is 0 Å². The molecule has 0 saturated carbocycles. The molecule has 0 aromatic heterocycles. The van der Waals surface area contributed by atoms with Gasteiger partial charge in [-0.05, 0) is 29.2 Å². The maximum absolute atomic E-state index is 12.6. The summed E-state index contributed by atoms with van der Waals surface area (Å²) in [5, 5.41) is 5.76. The zero-order valence-corrected chi connectivity index (χ0v) is 17.0. The van der Waals surface area contributed by atoms with E-state index in [2.05, 4.69) is 17.6 Å². The molecular formula is C25H26N2O3. The van der Waals surface area contributed by atoms with Crippen molar-refractivity contribution in [2.75, 3.05) is 13.2 Å². The van der Waals surface area contributed by atoms with Crippen molar-refractivity contribution in [3.8, 4) is 5.75 Å². The lowest BCUT2D eigenvalue weighted by Gasteiger charge is -2.14. The Bertz CT molecular complexity index is 958. The third-order valence-corrected chi connectivity index (χ3v) is 4.76. The Morgan fingerprint density at radius 3 is 2.20 bits per heavy atom. The highest BCUT2D eigenvalue weighted by Gasteiger charge is 2.14. The van der Waals surface area contributed by atoms with Crippen molar-refractivity contribution < 1.29 is 14.3 Å². The van der Waals surface area contributed by atoms with Gasteiger partial charge in [0.25, 0.3) is 11.8 Å². The van der Waals surface area contributed by atoms with Crippen molar-refractivity contribution in [1.29, 1.82) is 0 Å². The molecule has 0 radical (unpaired) electrons. The molecule has 154 valence electrons. The van der Waals surface area contributed by atoms with Crippen LogP contribution in [0.25, 0.3) is 0 Å². The van der Waals surface area contributed by atoms with E-state index >= 15 is 0 Å². The molecule has 0 fully saturated rings. The highest BCUT2D eigenvalue weighted by molar-refractivity contribution is 5.97. The van der Waals surface area contributed by atoms with Gasteiger partial charge in [0.2, 0.25) is 0 Å². The van der Waals surface area contributed by atoms with Crippen LogP contribution in [0.15, 0.2) is 84.9 Å². The van der Waals surface area contributed by atoms with Crippen molar-refractivity contribution in [3.05, 3.63) is 102 Å².